The third-order valence-electron chi connectivity index (χ3n) is 2.07. The lowest BCUT2D eigenvalue weighted by Gasteiger charge is -2.01. The van der Waals surface area contributed by atoms with E-state index in [0.29, 0.717) is 5.78 Å². The van der Waals surface area contributed by atoms with Crippen molar-refractivity contribution >= 4 is 5.78 Å². The first-order chi connectivity index (χ1) is 6.81. The first kappa shape index (κ1) is 8.93. The second-order valence-corrected chi connectivity index (χ2v) is 3.18. The maximum absolute atomic E-state index is 9.56. The molecule has 5 heteroatoms. The maximum atomic E-state index is 9.56. The van der Waals surface area contributed by atoms with Crippen LogP contribution in [0.1, 0.15) is 25.5 Å². The van der Waals surface area contributed by atoms with Gasteiger partial charge in [0.1, 0.15) is 6.33 Å². The highest BCUT2D eigenvalue weighted by Crippen LogP contribution is 2.12. The molecule has 2 aromatic heterocycles. The zero-order valence-corrected chi connectivity index (χ0v) is 8.01. The number of unbranched alkanes of at least 4 members (excludes halogenated alkanes) is 1. The standard InChI is InChI=1S/C9H12N4O/c1-2-3-4-7-5-8(14)13-9(12-7)10-6-11-13/h5-6,14H,2-4H2,1H3. The molecule has 5 nitrogen and oxygen atoms in total. The van der Waals surface area contributed by atoms with Crippen LogP contribution >= 0.6 is 0 Å². The van der Waals surface area contributed by atoms with Gasteiger partial charge < -0.3 is 5.11 Å². The van der Waals surface area contributed by atoms with Crippen LogP contribution in [0.25, 0.3) is 5.78 Å². The number of hydrogen-bond donors (Lipinski definition) is 1. The molecule has 74 valence electrons. The van der Waals surface area contributed by atoms with Crippen LogP contribution in [-0.2, 0) is 6.42 Å². The minimum atomic E-state index is 0.0959. The molecular formula is C9H12N4O. The van der Waals surface area contributed by atoms with E-state index in [1.165, 1.54) is 10.8 Å². The van der Waals surface area contributed by atoms with Crippen molar-refractivity contribution < 1.29 is 5.11 Å². The second-order valence-electron chi connectivity index (χ2n) is 3.18. The summed E-state index contributed by atoms with van der Waals surface area (Å²) in [6.07, 6.45) is 4.43. The first-order valence-electron chi connectivity index (χ1n) is 4.70. The van der Waals surface area contributed by atoms with Crippen LogP contribution in [0.5, 0.6) is 5.88 Å². The number of nitrogens with zero attached hydrogens (tertiary/aromatic N) is 4. The van der Waals surface area contributed by atoms with Crippen LogP contribution in [0.15, 0.2) is 12.4 Å². The van der Waals surface area contributed by atoms with Crippen molar-refractivity contribution in [3.05, 3.63) is 18.1 Å². The molecule has 0 bridgehead atoms. The van der Waals surface area contributed by atoms with Crippen molar-refractivity contribution in [3.8, 4) is 5.88 Å². The van der Waals surface area contributed by atoms with Gasteiger partial charge in [-0.25, -0.2) is 4.98 Å². The fraction of sp³-hybridized carbons (Fsp3) is 0.444. The lowest BCUT2D eigenvalue weighted by molar-refractivity contribution is 0.433. The molecule has 0 atom stereocenters. The van der Waals surface area contributed by atoms with Crippen molar-refractivity contribution in [2.75, 3.05) is 0 Å². The van der Waals surface area contributed by atoms with Gasteiger partial charge in [0.25, 0.3) is 5.78 Å². The van der Waals surface area contributed by atoms with Crippen molar-refractivity contribution in [1.29, 1.82) is 0 Å². The van der Waals surface area contributed by atoms with E-state index >= 15 is 0 Å². The summed E-state index contributed by atoms with van der Waals surface area (Å²) in [7, 11) is 0. The minimum absolute atomic E-state index is 0.0959. The van der Waals surface area contributed by atoms with Gasteiger partial charge in [-0.15, -0.1) is 0 Å². The topological polar surface area (TPSA) is 63.3 Å². The SMILES string of the molecule is CCCCc1cc(O)n2ncnc2n1. The van der Waals surface area contributed by atoms with Gasteiger partial charge in [-0.2, -0.15) is 14.6 Å². The highest BCUT2D eigenvalue weighted by Gasteiger charge is 2.05. The van der Waals surface area contributed by atoms with E-state index in [1.807, 2.05) is 0 Å². The van der Waals surface area contributed by atoms with Crippen molar-refractivity contribution in [2.45, 2.75) is 26.2 Å². The predicted octanol–water partition coefficient (Wildman–Crippen LogP) is 1.17. The van der Waals surface area contributed by atoms with Crippen molar-refractivity contribution in [1.82, 2.24) is 19.6 Å². The molecule has 2 rings (SSSR count). The van der Waals surface area contributed by atoms with Crippen LogP contribution in [0, 0.1) is 0 Å². The highest BCUT2D eigenvalue weighted by atomic mass is 16.3. The Labute approximate surface area is 81.4 Å². The summed E-state index contributed by atoms with van der Waals surface area (Å²) in [5.74, 6) is 0.551. The molecular weight excluding hydrogens is 180 g/mol. The zero-order chi connectivity index (χ0) is 9.97. The minimum Gasteiger partial charge on any atom is -0.493 e. The van der Waals surface area contributed by atoms with E-state index in [2.05, 4.69) is 22.0 Å². The Kier molecular flexibility index (Phi) is 2.30. The number of rotatable bonds is 3. The number of hydrogen-bond acceptors (Lipinski definition) is 4. The smallest absolute Gasteiger partial charge is 0.255 e. The van der Waals surface area contributed by atoms with E-state index in [0.717, 1.165) is 25.0 Å². The van der Waals surface area contributed by atoms with Gasteiger partial charge in [0, 0.05) is 11.8 Å². The molecule has 2 aromatic rings. The van der Waals surface area contributed by atoms with Gasteiger partial charge in [0.15, 0.2) is 0 Å². The fourth-order valence-electron chi connectivity index (χ4n) is 1.33. The largest absolute Gasteiger partial charge is 0.493 e. The Balaban J connectivity index is 2.38. The summed E-state index contributed by atoms with van der Waals surface area (Å²) in [6.45, 7) is 2.12. The Morgan fingerprint density at radius 1 is 1.50 bits per heavy atom. The van der Waals surface area contributed by atoms with E-state index in [1.54, 1.807) is 6.07 Å². The molecule has 0 spiro atoms. The normalized spacial score (nSPS) is 10.9. The lowest BCUT2D eigenvalue weighted by atomic mass is 10.2. The van der Waals surface area contributed by atoms with Crippen LogP contribution in [0.4, 0.5) is 0 Å². The third-order valence-corrected chi connectivity index (χ3v) is 2.07. The van der Waals surface area contributed by atoms with Crippen molar-refractivity contribution in [3.63, 3.8) is 0 Å². The van der Waals surface area contributed by atoms with Crippen LogP contribution in [0.3, 0.4) is 0 Å². The molecule has 0 radical (unpaired) electrons. The molecule has 0 amide bonds. The van der Waals surface area contributed by atoms with Gasteiger partial charge >= 0.3 is 0 Å². The summed E-state index contributed by atoms with van der Waals surface area (Å²) in [5, 5.41) is 13.4. The predicted molar refractivity (Wildman–Crippen MR) is 51.1 cm³/mol. The number of aromatic hydroxyl groups is 1. The fourth-order valence-corrected chi connectivity index (χ4v) is 1.33. The highest BCUT2D eigenvalue weighted by molar-refractivity contribution is 5.32. The molecule has 0 saturated heterocycles. The summed E-state index contributed by atoms with van der Waals surface area (Å²) in [4.78, 5) is 8.19. The molecule has 14 heavy (non-hydrogen) atoms. The Bertz CT molecular complexity index is 437. The second kappa shape index (κ2) is 3.61. The van der Waals surface area contributed by atoms with Gasteiger partial charge in [-0.3, -0.25) is 0 Å². The quantitative estimate of drug-likeness (QED) is 0.792. The van der Waals surface area contributed by atoms with E-state index in [4.69, 9.17) is 0 Å². The van der Waals surface area contributed by atoms with Gasteiger partial charge in [0.05, 0.1) is 0 Å². The average molecular weight is 192 g/mol. The average Bonchev–Trinajstić information content (AvgIpc) is 2.63. The molecule has 0 fully saturated rings. The molecule has 0 aliphatic heterocycles. The number of aromatic nitrogens is 4. The Morgan fingerprint density at radius 3 is 3.14 bits per heavy atom. The summed E-state index contributed by atoms with van der Waals surface area (Å²) in [5.41, 5.74) is 0.866. The molecule has 0 unspecified atom stereocenters. The Morgan fingerprint density at radius 2 is 2.36 bits per heavy atom. The van der Waals surface area contributed by atoms with E-state index in [9.17, 15) is 5.11 Å². The Hall–Kier alpha value is -1.65. The maximum Gasteiger partial charge on any atom is 0.255 e. The van der Waals surface area contributed by atoms with Crippen LogP contribution in [-0.4, -0.2) is 24.7 Å². The molecule has 1 N–H and O–H groups in total. The molecule has 0 aliphatic rings. The lowest BCUT2D eigenvalue weighted by Crippen LogP contribution is -1.97. The number of fused-ring (bicyclic) bond motifs is 1. The molecule has 0 saturated carbocycles. The summed E-state index contributed by atoms with van der Waals surface area (Å²) in [6, 6.07) is 1.64. The van der Waals surface area contributed by atoms with Gasteiger partial charge in [-0.1, -0.05) is 13.3 Å². The van der Waals surface area contributed by atoms with Gasteiger partial charge in [0.2, 0.25) is 5.88 Å². The molecule has 0 aromatic carbocycles. The third kappa shape index (κ3) is 1.53. The van der Waals surface area contributed by atoms with Crippen LogP contribution in [0.2, 0.25) is 0 Å². The zero-order valence-electron chi connectivity index (χ0n) is 8.01. The molecule has 0 aliphatic carbocycles. The molecule has 2 heterocycles. The number of aryl methyl sites for hydroxylation is 1. The van der Waals surface area contributed by atoms with E-state index < -0.39 is 0 Å². The van der Waals surface area contributed by atoms with Crippen LogP contribution < -0.4 is 0 Å². The van der Waals surface area contributed by atoms with Crippen molar-refractivity contribution in [2.24, 2.45) is 0 Å². The first-order valence-corrected chi connectivity index (χ1v) is 4.70. The van der Waals surface area contributed by atoms with E-state index in [-0.39, 0.29) is 5.88 Å². The monoisotopic (exact) mass is 192 g/mol. The summed E-state index contributed by atoms with van der Waals surface area (Å²) >= 11 is 0. The summed E-state index contributed by atoms with van der Waals surface area (Å²) < 4.78 is 1.31. The van der Waals surface area contributed by atoms with Gasteiger partial charge in [-0.05, 0) is 12.8 Å².